The van der Waals surface area contributed by atoms with Crippen molar-refractivity contribution >= 4 is 23.0 Å². The van der Waals surface area contributed by atoms with Crippen molar-refractivity contribution in [2.75, 3.05) is 18.2 Å². The lowest BCUT2D eigenvalue weighted by atomic mass is 10.1. The third-order valence-electron chi connectivity index (χ3n) is 3.08. The summed E-state index contributed by atoms with van der Waals surface area (Å²) in [6.07, 6.45) is 0. The number of amides is 1. The van der Waals surface area contributed by atoms with Gasteiger partial charge in [0, 0.05) is 17.4 Å². The van der Waals surface area contributed by atoms with E-state index >= 15 is 0 Å². The average molecular weight is 299 g/mol. The van der Waals surface area contributed by atoms with Gasteiger partial charge in [-0.05, 0) is 56.3 Å². The highest BCUT2D eigenvalue weighted by molar-refractivity contribution is 6.01. The summed E-state index contributed by atoms with van der Waals surface area (Å²) >= 11 is 0. The number of carbonyl (C=O) groups is 1. The molecule has 0 aliphatic rings. The molecule has 0 radical (unpaired) electrons. The highest BCUT2D eigenvalue weighted by atomic mass is 16.5. The van der Waals surface area contributed by atoms with E-state index in [1.165, 1.54) is 0 Å². The smallest absolute Gasteiger partial charge is 0.253 e. The van der Waals surface area contributed by atoms with Crippen LogP contribution < -0.4 is 21.1 Å². The summed E-state index contributed by atoms with van der Waals surface area (Å²) in [4.78, 5) is 12.3. The van der Waals surface area contributed by atoms with Crippen molar-refractivity contribution in [2.24, 2.45) is 0 Å². The minimum Gasteiger partial charge on any atom is -0.497 e. The molecule has 5 nitrogen and oxygen atoms in total. The maximum absolute atomic E-state index is 12.3. The van der Waals surface area contributed by atoms with Gasteiger partial charge >= 0.3 is 0 Å². The van der Waals surface area contributed by atoms with Crippen LogP contribution in [0.4, 0.5) is 17.1 Å². The molecule has 0 fully saturated rings. The van der Waals surface area contributed by atoms with Gasteiger partial charge in [-0.25, -0.2) is 0 Å². The largest absolute Gasteiger partial charge is 0.497 e. The first-order valence-corrected chi connectivity index (χ1v) is 7.11. The monoisotopic (exact) mass is 299 g/mol. The first-order chi connectivity index (χ1) is 10.5. The Balaban J connectivity index is 2.27. The molecule has 5 heteroatoms. The predicted octanol–water partition coefficient (Wildman–Crippen LogP) is 3.16. The van der Waals surface area contributed by atoms with Crippen LogP contribution in [0.5, 0.6) is 5.75 Å². The van der Waals surface area contributed by atoms with E-state index in [9.17, 15) is 4.79 Å². The van der Waals surface area contributed by atoms with Crippen LogP contribution >= 0.6 is 0 Å². The van der Waals surface area contributed by atoms with Crippen LogP contribution in [0.1, 0.15) is 24.2 Å². The maximum atomic E-state index is 12.3. The molecule has 0 unspecified atom stereocenters. The fourth-order valence-corrected chi connectivity index (χ4v) is 2.03. The molecule has 0 saturated heterocycles. The van der Waals surface area contributed by atoms with Crippen LogP contribution in [0, 0.1) is 0 Å². The molecule has 0 aromatic heterocycles. The second-order valence-corrected chi connectivity index (χ2v) is 5.29. The summed E-state index contributed by atoms with van der Waals surface area (Å²) in [5.74, 6) is 0.624. The van der Waals surface area contributed by atoms with E-state index in [4.69, 9.17) is 10.5 Å². The molecule has 0 saturated carbocycles. The van der Waals surface area contributed by atoms with E-state index in [2.05, 4.69) is 10.6 Å². The lowest BCUT2D eigenvalue weighted by Gasteiger charge is -2.15. The minimum absolute atomic E-state index is 0.0581. The number of nitrogens with two attached hydrogens (primary N) is 1. The number of anilines is 3. The van der Waals surface area contributed by atoms with Gasteiger partial charge in [0.25, 0.3) is 5.91 Å². The number of carbonyl (C=O) groups excluding carboxylic acids is 1. The second kappa shape index (κ2) is 6.85. The van der Waals surface area contributed by atoms with Crippen LogP contribution in [0.15, 0.2) is 42.5 Å². The normalized spacial score (nSPS) is 10.4. The molecule has 22 heavy (non-hydrogen) atoms. The quantitative estimate of drug-likeness (QED) is 0.741. The van der Waals surface area contributed by atoms with Crippen molar-refractivity contribution in [1.29, 1.82) is 0 Å². The zero-order chi connectivity index (χ0) is 16.1. The molecule has 0 heterocycles. The highest BCUT2D eigenvalue weighted by Gasteiger charge is 2.13. The van der Waals surface area contributed by atoms with E-state index in [1.807, 2.05) is 38.1 Å². The van der Waals surface area contributed by atoms with E-state index in [0.717, 1.165) is 11.4 Å². The van der Waals surface area contributed by atoms with Crippen molar-refractivity contribution in [3.63, 3.8) is 0 Å². The molecular formula is C17H21N3O2. The predicted molar refractivity (Wildman–Crippen MR) is 89.7 cm³/mol. The molecule has 116 valence electrons. The first-order valence-electron chi connectivity index (χ1n) is 7.11. The average Bonchev–Trinajstić information content (AvgIpc) is 2.49. The van der Waals surface area contributed by atoms with Crippen molar-refractivity contribution < 1.29 is 9.53 Å². The Hall–Kier alpha value is -2.69. The molecular weight excluding hydrogens is 278 g/mol. The number of methoxy groups -OCH3 is 1. The van der Waals surface area contributed by atoms with Gasteiger partial charge in [-0.3, -0.25) is 4.79 Å². The van der Waals surface area contributed by atoms with Gasteiger partial charge in [0.2, 0.25) is 0 Å². The zero-order valence-electron chi connectivity index (χ0n) is 13.0. The number of rotatable bonds is 5. The van der Waals surface area contributed by atoms with Crippen molar-refractivity contribution in [3.8, 4) is 5.75 Å². The first kappa shape index (κ1) is 15.7. The molecule has 1 amide bonds. The van der Waals surface area contributed by atoms with Gasteiger partial charge in [0.15, 0.2) is 0 Å². The van der Waals surface area contributed by atoms with Crippen molar-refractivity contribution in [1.82, 2.24) is 5.32 Å². The van der Waals surface area contributed by atoms with Crippen LogP contribution in [0.2, 0.25) is 0 Å². The lowest BCUT2D eigenvalue weighted by Crippen LogP contribution is -2.30. The standard InChI is InChI=1S/C17H21N3O2/c1-11(2)19-17(21)15-10-12(18)4-9-16(15)20-13-5-7-14(22-3)8-6-13/h4-11,20H,18H2,1-3H3,(H,19,21). The number of nitrogens with one attached hydrogen (secondary N) is 2. The number of nitrogen functional groups attached to an aromatic ring is 1. The van der Waals surface area contributed by atoms with E-state index < -0.39 is 0 Å². The highest BCUT2D eigenvalue weighted by Crippen LogP contribution is 2.24. The van der Waals surface area contributed by atoms with E-state index in [0.29, 0.717) is 16.9 Å². The summed E-state index contributed by atoms with van der Waals surface area (Å²) in [5.41, 5.74) is 8.44. The molecule has 0 spiro atoms. The zero-order valence-corrected chi connectivity index (χ0v) is 13.0. The van der Waals surface area contributed by atoms with Crippen molar-refractivity contribution in [2.45, 2.75) is 19.9 Å². The Bertz CT molecular complexity index is 651. The Labute approximate surface area is 130 Å². The molecule has 0 atom stereocenters. The summed E-state index contributed by atoms with van der Waals surface area (Å²) in [6, 6.07) is 12.8. The fraction of sp³-hybridized carbons (Fsp3) is 0.235. The fourth-order valence-electron chi connectivity index (χ4n) is 2.03. The number of benzene rings is 2. The summed E-state index contributed by atoms with van der Waals surface area (Å²) in [6.45, 7) is 3.83. The van der Waals surface area contributed by atoms with Crippen LogP contribution in [-0.4, -0.2) is 19.1 Å². The Morgan fingerprint density at radius 1 is 1.14 bits per heavy atom. The number of hydrogen-bond donors (Lipinski definition) is 3. The van der Waals surface area contributed by atoms with E-state index in [-0.39, 0.29) is 11.9 Å². The molecule has 2 aromatic carbocycles. The van der Waals surface area contributed by atoms with Gasteiger partial charge in [-0.2, -0.15) is 0 Å². The maximum Gasteiger partial charge on any atom is 0.253 e. The molecule has 0 bridgehead atoms. The van der Waals surface area contributed by atoms with Gasteiger partial charge in [-0.15, -0.1) is 0 Å². The molecule has 2 rings (SSSR count). The summed E-state index contributed by atoms with van der Waals surface area (Å²) < 4.78 is 5.13. The lowest BCUT2D eigenvalue weighted by molar-refractivity contribution is 0.0944. The van der Waals surface area contributed by atoms with E-state index in [1.54, 1.807) is 25.3 Å². The number of hydrogen-bond acceptors (Lipinski definition) is 4. The Kier molecular flexibility index (Phi) is 4.88. The third kappa shape index (κ3) is 3.91. The third-order valence-corrected chi connectivity index (χ3v) is 3.08. The van der Waals surface area contributed by atoms with Gasteiger partial charge < -0.3 is 21.1 Å². The van der Waals surface area contributed by atoms with Gasteiger partial charge in [0.05, 0.1) is 18.4 Å². The van der Waals surface area contributed by atoms with Gasteiger partial charge in [0.1, 0.15) is 5.75 Å². The summed E-state index contributed by atoms with van der Waals surface area (Å²) in [5, 5.41) is 6.11. The summed E-state index contributed by atoms with van der Waals surface area (Å²) in [7, 11) is 1.62. The molecule has 2 aromatic rings. The topological polar surface area (TPSA) is 76.4 Å². The van der Waals surface area contributed by atoms with Crippen LogP contribution in [0.25, 0.3) is 0 Å². The molecule has 0 aliphatic heterocycles. The van der Waals surface area contributed by atoms with Crippen LogP contribution in [0.3, 0.4) is 0 Å². The SMILES string of the molecule is COc1ccc(Nc2ccc(N)cc2C(=O)NC(C)C)cc1. The Morgan fingerprint density at radius 2 is 1.82 bits per heavy atom. The van der Waals surface area contributed by atoms with Crippen LogP contribution in [-0.2, 0) is 0 Å². The molecule has 0 aliphatic carbocycles. The van der Waals surface area contributed by atoms with Gasteiger partial charge in [-0.1, -0.05) is 0 Å². The molecule has 4 N–H and O–H groups in total. The second-order valence-electron chi connectivity index (χ2n) is 5.29. The minimum atomic E-state index is -0.154. The number of ether oxygens (including phenoxy) is 1. The Morgan fingerprint density at radius 3 is 2.41 bits per heavy atom. The van der Waals surface area contributed by atoms with Crippen molar-refractivity contribution in [3.05, 3.63) is 48.0 Å².